The highest BCUT2D eigenvalue weighted by Crippen LogP contribution is 2.18. The Morgan fingerprint density at radius 2 is 2.04 bits per heavy atom. The summed E-state index contributed by atoms with van der Waals surface area (Å²) in [5.41, 5.74) is 3.41. The second-order valence-electron chi connectivity index (χ2n) is 6.15. The molecule has 0 amide bonds. The van der Waals surface area contributed by atoms with E-state index in [1.165, 1.54) is 5.69 Å². The molecule has 144 valence electrons. The van der Waals surface area contributed by atoms with Crippen molar-refractivity contribution in [2.24, 2.45) is 4.99 Å². The van der Waals surface area contributed by atoms with Crippen LogP contribution in [0.3, 0.4) is 0 Å². The normalized spacial score (nSPS) is 11.0. The summed E-state index contributed by atoms with van der Waals surface area (Å²) in [4.78, 5) is 6.47. The molecule has 1 heterocycles. The molecule has 0 fully saturated rings. The Kier molecular flexibility index (Phi) is 9.47. The van der Waals surface area contributed by atoms with Gasteiger partial charge in [0.05, 0.1) is 12.8 Å². The zero-order valence-corrected chi connectivity index (χ0v) is 18.7. The lowest BCUT2D eigenvalue weighted by molar-refractivity contribution is 0.395. The average molecular weight is 471 g/mol. The number of halogens is 1. The molecule has 0 aliphatic rings. The minimum atomic E-state index is 0. The largest absolute Gasteiger partial charge is 0.496 e. The maximum absolute atomic E-state index is 5.42. The summed E-state index contributed by atoms with van der Waals surface area (Å²) in [5, 5.41) is 7.91. The van der Waals surface area contributed by atoms with E-state index in [2.05, 4.69) is 44.0 Å². The lowest BCUT2D eigenvalue weighted by Crippen LogP contribution is -2.39. The van der Waals surface area contributed by atoms with E-state index in [4.69, 9.17) is 4.74 Å². The Bertz CT molecular complexity index is 714. The lowest BCUT2D eigenvalue weighted by atomic mass is 10.2. The number of ether oxygens (including phenoxy) is 1. The molecule has 0 spiro atoms. The van der Waals surface area contributed by atoms with Crippen molar-refractivity contribution in [2.45, 2.75) is 33.4 Å². The van der Waals surface area contributed by atoms with Gasteiger partial charge in [-0.3, -0.25) is 9.67 Å². The minimum Gasteiger partial charge on any atom is -0.496 e. The third-order valence-electron chi connectivity index (χ3n) is 4.11. The van der Waals surface area contributed by atoms with Crippen LogP contribution in [0.25, 0.3) is 0 Å². The molecule has 26 heavy (non-hydrogen) atoms. The van der Waals surface area contributed by atoms with Gasteiger partial charge in [-0.05, 0) is 32.4 Å². The van der Waals surface area contributed by atoms with Crippen LogP contribution in [-0.2, 0) is 13.1 Å². The smallest absolute Gasteiger partial charge is 0.193 e. The Morgan fingerprint density at radius 3 is 2.65 bits per heavy atom. The van der Waals surface area contributed by atoms with E-state index < -0.39 is 0 Å². The molecular formula is C19H30IN5O. The van der Waals surface area contributed by atoms with Crippen molar-refractivity contribution in [2.75, 3.05) is 27.7 Å². The van der Waals surface area contributed by atoms with Crippen LogP contribution in [0.2, 0.25) is 0 Å². The van der Waals surface area contributed by atoms with E-state index >= 15 is 0 Å². The van der Waals surface area contributed by atoms with Crippen molar-refractivity contribution in [3.05, 3.63) is 47.3 Å². The highest BCUT2D eigenvalue weighted by Gasteiger charge is 2.09. The van der Waals surface area contributed by atoms with Crippen LogP contribution in [0, 0.1) is 13.8 Å². The molecule has 0 saturated carbocycles. The van der Waals surface area contributed by atoms with Gasteiger partial charge in [-0.15, -0.1) is 24.0 Å². The molecule has 1 aromatic carbocycles. The highest BCUT2D eigenvalue weighted by atomic mass is 127. The maximum Gasteiger partial charge on any atom is 0.193 e. The summed E-state index contributed by atoms with van der Waals surface area (Å²) in [5.74, 6) is 1.77. The number of nitrogens with one attached hydrogen (secondary N) is 1. The molecule has 0 aliphatic carbocycles. The minimum absolute atomic E-state index is 0. The van der Waals surface area contributed by atoms with Gasteiger partial charge in [0.1, 0.15) is 5.75 Å². The number of benzene rings is 1. The fourth-order valence-corrected chi connectivity index (χ4v) is 2.88. The lowest BCUT2D eigenvalue weighted by Gasteiger charge is -2.23. The van der Waals surface area contributed by atoms with Crippen molar-refractivity contribution in [3.63, 3.8) is 0 Å². The number of rotatable bonds is 7. The molecule has 1 N–H and O–H groups in total. The number of nitrogens with zero attached hydrogens (tertiary/aromatic N) is 4. The summed E-state index contributed by atoms with van der Waals surface area (Å²) >= 11 is 0. The van der Waals surface area contributed by atoms with Gasteiger partial charge in [-0.25, -0.2) is 0 Å². The third kappa shape index (κ3) is 6.19. The van der Waals surface area contributed by atoms with Crippen LogP contribution < -0.4 is 10.1 Å². The molecular weight excluding hydrogens is 441 g/mol. The monoisotopic (exact) mass is 471 g/mol. The predicted octanol–water partition coefficient (Wildman–Crippen LogP) is 3.22. The van der Waals surface area contributed by atoms with Crippen molar-refractivity contribution in [1.82, 2.24) is 20.0 Å². The first-order valence-electron chi connectivity index (χ1n) is 8.60. The molecule has 2 rings (SSSR count). The van der Waals surface area contributed by atoms with E-state index in [-0.39, 0.29) is 24.0 Å². The summed E-state index contributed by atoms with van der Waals surface area (Å²) in [6.07, 6.45) is 0.990. The van der Waals surface area contributed by atoms with Gasteiger partial charge in [-0.1, -0.05) is 18.2 Å². The zero-order valence-electron chi connectivity index (χ0n) is 16.3. The summed E-state index contributed by atoms with van der Waals surface area (Å²) in [6, 6.07) is 10.2. The first-order valence-corrected chi connectivity index (χ1v) is 8.60. The molecule has 0 aliphatic heterocycles. The Hall–Kier alpha value is -1.77. The molecule has 7 heteroatoms. The number of para-hydroxylation sites is 1. The molecule has 0 saturated heterocycles. The Labute approximate surface area is 173 Å². The predicted molar refractivity (Wildman–Crippen MR) is 118 cm³/mol. The van der Waals surface area contributed by atoms with Gasteiger partial charge in [0.2, 0.25) is 0 Å². The fourth-order valence-electron chi connectivity index (χ4n) is 2.88. The van der Waals surface area contributed by atoms with Gasteiger partial charge in [0.15, 0.2) is 5.96 Å². The number of methoxy groups -OCH3 is 1. The van der Waals surface area contributed by atoms with Crippen molar-refractivity contribution >= 4 is 29.9 Å². The second-order valence-corrected chi connectivity index (χ2v) is 6.15. The van der Waals surface area contributed by atoms with Gasteiger partial charge < -0.3 is 15.0 Å². The zero-order chi connectivity index (χ0) is 18.2. The summed E-state index contributed by atoms with van der Waals surface area (Å²) in [7, 11) is 5.54. The number of aromatic nitrogens is 2. The number of aryl methyl sites for hydroxylation is 3. The molecule has 6 nitrogen and oxygen atoms in total. The summed E-state index contributed by atoms with van der Waals surface area (Å²) < 4.78 is 7.48. The van der Waals surface area contributed by atoms with Crippen LogP contribution in [0.4, 0.5) is 0 Å². The first kappa shape index (κ1) is 22.3. The number of guanidine groups is 1. The van der Waals surface area contributed by atoms with E-state index in [1.807, 2.05) is 39.2 Å². The van der Waals surface area contributed by atoms with Crippen LogP contribution in [0.5, 0.6) is 5.75 Å². The van der Waals surface area contributed by atoms with E-state index in [9.17, 15) is 0 Å². The van der Waals surface area contributed by atoms with Gasteiger partial charge >= 0.3 is 0 Å². The van der Waals surface area contributed by atoms with Gasteiger partial charge in [-0.2, -0.15) is 5.10 Å². The van der Waals surface area contributed by atoms with Gasteiger partial charge in [0.25, 0.3) is 0 Å². The number of hydrogen-bond donors (Lipinski definition) is 1. The molecule has 0 radical (unpaired) electrons. The van der Waals surface area contributed by atoms with E-state index in [0.717, 1.165) is 49.0 Å². The third-order valence-corrected chi connectivity index (χ3v) is 4.11. The Balaban J connectivity index is 0.00000338. The summed E-state index contributed by atoms with van der Waals surface area (Å²) in [6.45, 7) is 6.60. The quantitative estimate of drug-likeness (QED) is 0.292. The second kappa shape index (κ2) is 11.1. The molecule has 0 bridgehead atoms. The van der Waals surface area contributed by atoms with Crippen molar-refractivity contribution in [1.29, 1.82) is 0 Å². The van der Waals surface area contributed by atoms with Crippen LogP contribution >= 0.6 is 24.0 Å². The number of hydrogen-bond acceptors (Lipinski definition) is 3. The van der Waals surface area contributed by atoms with Crippen LogP contribution in [0.1, 0.15) is 23.4 Å². The number of aliphatic imine (C=N–C) groups is 1. The first-order chi connectivity index (χ1) is 12.0. The van der Waals surface area contributed by atoms with Crippen LogP contribution in [0.15, 0.2) is 35.3 Å². The fraction of sp³-hybridized carbons (Fsp3) is 0.474. The maximum atomic E-state index is 5.42. The highest BCUT2D eigenvalue weighted by molar-refractivity contribution is 14.0. The molecule has 0 atom stereocenters. The molecule has 0 unspecified atom stereocenters. The molecule has 2 aromatic rings. The van der Waals surface area contributed by atoms with Crippen LogP contribution in [-0.4, -0.2) is 48.4 Å². The SMILES string of the molecule is CN=C(NCCCn1nc(C)cc1C)N(C)Cc1ccccc1OC.I. The molecule has 1 aromatic heterocycles. The Morgan fingerprint density at radius 1 is 1.31 bits per heavy atom. The van der Waals surface area contributed by atoms with Crippen molar-refractivity contribution in [3.8, 4) is 5.75 Å². The van der Waals surface area contributed by atoms with Gasteiger partial charge in [0, 0.05) is 45.0 Å². The average Bonchev–Trinajstić information content (AvgIpc) is 2.92. The topological polar surface area (TPSA) is 54.7 Å². The standard InChI is InChI=1S/C19H29N5O.HI/c1-15-13-16(2)24(22-15)12-8-11-21-19(20-3)23(4)14-17-9-6-7-10-18(17)25-5;/h6-7,9-10,13H,8,11-12,14H2,1-5H3,(H,20,21);1H. The van der Waals surface area contributed by atoms with Crippen molar-refractivity contribution < 1.29 is 4.74 Å². The van der Waals surface area contributed by atoms with E-state index in [0.29, 0.717) is 0 Å². The van der Waals surface area contributed by atoms with E-state index in [1.54, 1.807) is 7.11 Å².